The molecule has 0 saturated heterocycles. The summed E-state index contributed by atoms with van der Waals surface area (Å²) in [6.07, 6.45) is 2.11. The molecule has 23 heavy (non-hydrogen) atoms. The molecule has 0 saturated carbocycles. The number of aromatic nitrogens is 1. The van der Waals surface area contributed by atoms with Gasteiger partial charge in [0.05, 0.1) is 14.2 Å². The Balaban J connectivity index is 2.15. The molecule has 1 aliphatic rings. The first-order valence-corrected chi connectivity index (χ1v) is 7.95. The third kappa shape index (κ3) is 2.74. The molecular formula is C17H21N3O2S. The molecule has 0 fully saturated rings. The lowest BCUT2D eigenvalue weighted by Crippen LogP contribution is -2.46. The molecule has 0 unspecified atom stereocenters. The van der Waals surface area contributed by atoms with Crippen LogP contribution in [-0.2, 0) is 6.54 Å². The molecule has 1 aliphatic heterocycles. The number of nitrogens with zero attached hydrogens (tertiary/aromatic N) is 2. The Bertz CT molecular complexity index is 714. The number of hydrogen-bond donors (Lipinski definition) is 1. The van der Waals surface area contributed by atoms with Gasteiger partial charge in [-0.1, -0.05) is 0 Å². The van der Waals surface area contributed by atoms with Gasteiger partial charge in [-0.25, -0.2) is 0 Å². The summed E-state index contributed by atoms with van der Waals surface area (Å²) in [7, 11) is 5.22. The quantitative estimate of drug-likeness (QED) is 0.875. The second-order valence-electron chi connectivity index (χ2n) is 5.39. The lowest BCUT2D eigenvalue weighted by atomic mass is 9.99. The summed E-state index contributed by atoms with van der Waals surface area (Å²) in [6.45, 7) is 1.75. The van der Waals surface area contributed by atoms with E-state index in [1.54, 1.807) is 14.2 Å². The van der Waals surface area contributed by atoms with E-state index in [-0.39, 0.29) is 6.04 Å². The van der Waals surface area contributed by atoms with Crippen LogP contribution in [0.25, 0.3) is 0 Å². The molecule has 0 aliphatic carbocycles. The molecule has 1 N–H and O–H groups in total. The average molecular weight is 331 g/mol. The van der Waals surface area contributed by atoms with Crippen molar-refractivity contribution in [1.82, 2.24) is 14.8 Å². The van der Waals surface area contributed by atoms with E-state index < -0.39 is 0 Å². The van der Waals surface area contributed by atoms with Gasteiger partial charge in [0, 0.05) is 37.6 Å². The first-order valence-electron chi connectivity index (χ1n) is 7.55. The number of methoxy groups -OCH3 is 2. The van der Waals surface area contributed by atoms with E-state index in [2.05, 4.69) is 33.1 Å². The van der Waals surface area contributed by atoms with Gasteiger partial charge in [-0.3, -0.25) is 0 Å². The van der Waals surface area contributed by atoms with Crippen LogP contribution in [0.4, 0.5) is 0 Å². The third-order valence-corrected chi connectivity index (χ3v) is 4.68. The van der Waals surface area contributed by atoms with E-state index in [0.717, 1.165) is 35.3 Å². The Labute approximate surface area is 141 Å². The molecule has 122 valence electrons. The number of benzene rings is 1. The second kappa shape index (κ2) is 6.50. The molecule has 6 heteroatoms. The minimum Gasteiger partial charge on any atom is -0.497 e. The van der Waals surface area contributed by atoms with Crippen LogP contribution < -0.4 is 14.8 Å². The highest BCUT2D eigenvalue weighted by Crippen LogP contribution is 2.39. The van der Waals surface area contributed by atoms with Crippen LogP contribution in [0, 0.1) is 0 Å². The summed E-state index contributed by atoms with van der Waals surface area (Å²) in [5.41, 5.74) is 2.24. The number of nitrogens with one attached hydrogen (secondary N) is 1. The molecule has 0 spiro atoms. The number of ether oxygens (including phenoxy) is 2. The van der Waals surface area contributed by atoms with Crippen molar-refractivity contribution in [3.05, 3.63) is 47.8 Å². The Morgan fingerprint density at radius 2 is 2.04 bits per heavy atom. The van der Waals surface area contributed by atoms with Crippen molar-refractivity contribution in [2.75, 3.05) is 27.8 Å². The molecule has 1 aromatic heterocycles. The minimum atomic E-state index is -0.0104. The van der Waals surface area contributed by atoms with Crippen LogP contribution in [0.15, 0.2) is 36.5 Å². The lowest BCUT2D eigenvalue weighted by molar-refractivity contribution is 0.279. The highest BCUT2D eigenvalue weighted by molar-refractivity contribution is 7.80. The number of thiocarbonyl (C=S) groups is 1. The molecular weight excluding hydrogens is 310 g/mol. The van der Waals surface area contributed by atoms with Crippen molar-refractivity contribution in [3.63, 3.8) is 0 Å². The summed E-state index contributed by atoms with van der Waals surface area (Å²) in [6, 6.07) is 10.1. The summed E-state index contributed by atoms with van der Waals surface area (Å²) in [4.78, 5) is 2.20. The normalized spacial score (nSPS) is 16.7. The van der Waals surface area contributed by atoms with Gasteiger partial charge >= 0.3 is 0 Å². The molecule has 0 amide bonds. The number of rotatable bonds is 3. The standard InChI is InChI=1S/C17H21N3O2S/c1-18-17(23)20-10-9-19-8-4-5-14(19)16(20)13-11-12(21-2)6-7-15(13)22-3/h4-8,11,16H,9-10H2,1-3H3,(H,18,23)/t16-/m0/s1. The van der Waals surface area contributed by atoms with Crippen molar-refractivity contribution in [2.24, 2.45) is 0 Å². The third-order valence-electron chi connectivity index (χ3n) is 4.24. The lowest BCUT2D eigenvalue weighted by Gasteiger charge is -2.39. The smallest absolute Gasteiger partial charge is 0.169 e. The molecule has 2 aromatic rings. The van der Waals surface area contributed by atoms with Gasteiger partial charge in [0.2, 0.25) is 0 Å². The Morgan fingerprint density at radius 3 is 2.74 bits per heavy atom. The minimum absolute atomic E-state index is 0.0104. The molecule has 0 radical (unpaired) electrons. The SMILES string of the molecule is CNC(=S)N1CCn2cccc2[C@@H]1c1cc(OC)ccc1OC. The topological polar surface area (TPSA) is 38.7 Å². The average Bonchev–Trinajstić information content (AvgIpc) is 3.08. The fourth-order valence-electron chi connectivity index (χ4n) is 3.13. The predicted octanol–water partition coefficient (Wildman–Crippen LogP) is 2.41. The highest BCUT2D eigenvalue weighted by atomic mass is 32.1. The van der Waals surface area contributed by atoms with Gasteiger partial charge < -0.3 is 24.3 Å². The van der Waals surface area contributed by atoms with E-state index in [1.165, 1.54) is 5.69 Å². The summed E-state index contributed by atoms with van der Waals surface area (Å²) in [5.74, 6) is 1.63. The number of hydrogen-bond acceptors (Lipinski definition) is 3. The second-order valence-corrected chi connectivity index (χ2v) is 5.77. The van der Waals surface area contributed by atoms with E-state index >= 15 is 0 Å². The first-order chi connectivity index (χ1) is 11.2. The molecule has 2 heterocycles. The highest BCUT2D eigenvalue weighted by Gasteiger charge is 2.32. The molecule has 1 atom stereocenters. The molecule has 5 nitrogen and oxygen atoms in total. The Hall–Kier alpha value is -2.21. The first kappa shape index (κ1) is 15.7. The maximum Gasteiger partial charge on any atom is 0.169 e. The van der Waals surface area contributed by atoms with E-state index in [9.17, 15) is 0 Å². The monoisotopic (exact) mass is 331 g/mol. The zero-order valence-electron chi connectivity index (χ0n) is 13.6. The largest absolute Gasteiger partial charge is 0.497 e. The van der Waals surface area contributed by atoms with Gasteiger partial charge in [-0.2, -0.15) is 0 Å². The van der Waals surface area contributed by atoms with Crippen LogP contribution in [0.3, 0.4) is 0 Å². The fraction of sp³-hybridized carbons (Fsp3) is 0.353. The number of fused-ring (bicyclic) bond motifs is 1. The predicted molar refractivity (Wildman–Crippen MR) is 94.2 cm³/mol. The van der Waals surface area contributed by atoms with Crippen molar-refractivity contribution < 1.29 is 9.47 Å². The van der Waals surface area contributed by atoms with Crippen molar-refractivity contribution in [3.8, 4) is 11.5 Å². The summed E-state index contributed by atoms with van der Waals surface area (Å²) in [5, 5.41) is 3.83. The van der Waals surface area contributed by atoms with Crippen LogP contribution in [0.1, 0.15) is 17.3 Å². The Kier molecular flexibility index (Phi) is 4.43. The van der Waals surface area contributed by atoms with Gasteiger partial charge in [-0.05, 0) is 42.5 Å². The zero-order chi connectivity index (χ0) is 16.4. The fourth-order valence-corrected chi connectivity index (χ4v) is 3.32. The summed E-state index contributed by atoms with van der Waals surface area (Å²) >= 11 is 5.53. The van der Waals surface area contributed by atoms with Crippen LogP contribution in [0.5, 0.6) is 11.5 Å². The van der Waals surface area contributed by atoms with Crippen LogP contribution in [-0.4, -0.2) is 42.4 Å². The summed E-state index contributed by atoms with van der Waals surface area (Å²) < 4.78 is 13.3. The van der Waals surface area contributed by atoms with Crippen molar-refractivity contribution in [2.45, 2.75) is 12.6 Å². The van der Waals surface area contributed by atoms with E-state index in [0.29, 0.717) is 0 Å². The maximum absolute atomic E-state index is 5.60. The van der Waals surface area contributed by atoms with Gasteiger partial charge in [0.25, 0.3) is 0 Å². The van der Waals surface area contributed by atoms with Gasteiger partial charge in [-0.15, -0.1) is 0 Å². The van der Waals surface area contributed by atoms with Crippen molar-refractivity contribution >= 4 is 17.3 Å². The van der Waals surface area contributed by atoms with Gasteiger partial charge in [0.1, 0.15) is 17.5 Å². The Morgan fingerprint density at radius 1 is 1.22 bits per heavy atom. The van der Waals surface area contributed by atoms with E-state index in [1.807, 2.05) is 25.2 Å². The van der Waals surface area contributed by atoms with Gasteiger partial charge in [0.15, 0.2) is 5.11 Å². The van der Waals surface area contributed by atoms with E-state index in [4.69, 9.17) is 21.7 Å². The zero-order valence-corrected chi connectivity index (χ0v) is 14.4. The maximum atomic E-state index is 5.60. The van der Waals surface area contributed by atoms with Crippen molar-refractivity contribution in [1.29, 1.82) is 0 Å². The molecule has 1 aromatic carbocycles. The molecule has 3 rings (SSSR count). The molecule has 0 bridgehead atoms. The van der Waals surface area contributed by atoms with Crippen LogP contribution in [0.2, 0.25) is 0 Å². The van der Waals surface area contributed by atoms with Crippen LogP contribution >= 0.6 is 12.2 Å².